The average molecular weight is 450 g/mol. The van der Waals surface area contributed by atoms with Gasteiger partial charge in [0.2, 0.25) is 0 Å². The van der Waals surface area contributed by atoms with Crippen LogP contribution in [0.5, 0.6) is 0 Å². The Kier molecular flexibility index (Phi) is 5.62. The number of carbonyl (C=O) groups excluding carboxylic acids is 1. The van der Waals surface area contributed by atoms with Crippen molar-refractivity contribution in [1.29, 1.82) is 0 Å². The second-order valence-electron chi connectivity index (χ2n) is 5.65. The Hall–Kier alpha value is -2.64. The second kappa shape index (κ2) is 7.94. The first-order valence-corrected chi connectivity index (χ1v) is 9.00. The molecular weight excluding hydrogens is 436 g/mol. The zero-order chi connectivity index (χ0) is 19.6. The zero-order valence-electron chi connectivity index (χ0n) is 14.1. The first kappa shape index (κ1) is 19.1. The van der Waals surface area contributed by atoms with Crippen molar-refractivity contribution < 1.29 is 19.5 Å². The highest BCUT2D eigenvalue weighted by atomic mass is 79.9. The molecule has 27 heavy (non-hydrogen) atoms. The maximum Gasteiger partial charge on any atom is 0.358 e. The summed E-state index contributed by atoms with van der Waals surface area (Å²) in [6, 6.07) is 12.5. The van der Waals surface area contributed by atoms with Gasteiger partial charge in [-0.3, -0.25) is 4.79 Å². The van der Waals surface area contributed by atoms with Crippen LogP contribution in [-0.2, 0) is 16.2 Å². The third-order valence-corrected chi connectivity index (χ3v) is 5.00. The topological polar surface area (TPSA) is 80.9 Å². The van der Waals surface area contributed by atoms with E-state index in [9.17, 15) is 14.7 Å². The van der Waals surface area contributed by atoms with Crippen molar-refractivity contribution in [1.82, 2.24) is 4.57 Å². The van der Waals surface area contributed by atoms with Crippen LogP contribution in [0.3, 0.4) is 0 Å². The van der Waals surface area contributed by atoms with E-state index >= 15 is 0 Å². The normalized spacial score (nSPS) is 11.6. The van der Waals surface area contributed by atoms with Gasteiger partial charge in [0.1, 0.15) is 12.3 Å². The summed E-state index contributed by atoms with van der Waals surface area (Å²) in [6.07, 6.45) is 0.717. The van der Waals surface area contributed by atoms with Crippen LogP contribution < -0.4 is 0 Å². The Balaban J connectivity index is 2.18. The Morgan fingerprint density at radius 3 is 2.74 bits per heavy atom. The molecule has 0 fully saturated rings. The van der Waals surface area contributed by atoms with Gasteiger partial charge < -0.3 is 14.5 Å². The zero-order valence-corrected chi connectivity index (χ0v) is 16.5. The second-order valence-corrected chi connectivity index (χ2v) is 6.93. The molecule has 1 N–H and O–H groups in total. The standard InChI is InChI=1S/C19H14BrClN2O4/c1-27-22-17(19(25)26)13-5-3-2-4-11(13)9-23-16-7-6-12(20)8-14(16)15(10-24)18(23)21/h2-8,10H,9H2,1H3,(H,25,26). The number of oxime groups is 1. The fourth-order valence-electron chi connectivity index (χ4n) is 2.94. The number of rotatable bonds is 6. The van der Waals surface area contributed by atoms with Gasteiger partial charge in [0.25, 0.3) is 0 Å². The van der Waals surface area contributed by atoms with Gasteiger partial charge in [-0.2, -0.15) is 0 Å². The summed E-state index contributed by atoms with van der Waals surface area (Å²) in [7, 11) is 1.29. The molecule has 0 atom stereocenters. The smallest absolute Gasteiger partial charge is 0.358 e. The molecule has 0 aliphatic rings. The van der Waals surface area contributed by atoms with E-state index in [1.54, 1.807) is 28.8 Å². The van der Waals surface area contributed by atoms with E-state index < -0.39 is 5.97 Å². The van der Waals surface area contributed by atoms with Crippen LogP contribution in [0, 0.1) is 0 Å². The number of carboxylic acids is 1. The van der Waals surface area contributed by atoms with Crippen LogP contribution in [0.25, 0.3) is 10.9 Å². The van der Waals surface area contributed by atoms with E-state index in [1.807, 2.05) is 18.2 Å². The summed E-state index contributed by atoms with van der Waals surface area (Å²) in [4.78, 5) is 27.8. The van der Waals surface area contributed by atoms with E-state index in [2.05, 4.69) is 25.9 Å². The highest BCUT2D eigenvalue weighted by molar-refractivity contribution is 9.10. The predicted molar refractivity (Wildman–Crippen MR) is 107 cm³/mol. The first-order valence-electron chi connectivity index (χ1n) is 7.83. The summed E-state index contributed by atoms with van der Waals surface area (Å²) in [5.74, 6) is -1.20. The molecule has 0 aliphatic heterocycles. The highest BCUT2D eigenvalue weighted by Gasteiger charge is 2.20. The van der Waals surface area contributed by atoms with Crippen LogP contribution in [0.1, 0.15) is 21.5 Å². The Bertz CT molecular complexity index is 1080. The lowest BCUT2D eigenvalue weighted by atomic mass is 10.0. The van der Waals surface area contributed by atoms with E-state index in [4.69, 9.17) is 11.6 Å². The van der Waals surface area contributed by atoms with Crippen molar-refractivity contribution in [3.8, 4) is 0 Å². The van der Waals surface area contributed by atoms with Gasteiger partial charge >= 0.3 is 5.97 Å². The molecule has 1 aromatic heterocycles. The van der Waals surface area contributed by atoms with Crippen LogP contribution in [0.4, 0.5) is 0 Å². The molecule has 8 heteroatoms. The third kappa shape index (κ3) is 3.61. The molecule has 0 radical (unpaired) electrons. The number of nitrogens with zero attached hydrogens (tertiary/aromatic N) is 2. The number of carbonyl (C=O) groups is 2. The van der Waals surface area contributed by atoms with Crippen LogP contribution in [-0.4, -0.2) is 34.8 Å². The number of hydrogen-bond acceptors (Lipinski definition) is 4. The predicted octanol–water partition coefficient (Wildman–Crippen LogP) is 4.35. The quantitative estimate of drug-likeness (QED) is 0.344. The van der Waals surface area contributed by atoms with Gasteiger partial charge in [-0.25, -0.2) is 4.79 Å². The van der Waals surface area contributed by atoms with Gasteiger partial charge in [0, 0.05) is 22.0 Å². The molecule has 0 saturated carbocycles. The number of aldehydes is 1. The van der Waals surface area contributed by atoms with Crippen molar-refractivity contribution in [2.75, 3.05) is 7.11 Å². The molecule has 6 nitrogen and oxygen atoms in total. The minimum Gasteiger partial charge on any atom is -0.476 e. The minimum atomic E-state index is -1.20. The van der Waals surface area contributed by atoms with E-state index in [0.717, 1.165) is 9.99 Å². The van der Waals surface area contributed by atoms with Crippen LogP contribution in [0.15, 0.2) is 52.1 Å². The number of carboxylic acid groups (broad SMARTS) is 1. The number of hydrogen-bond donors (Lipinski definition) is 1. The summed E-state index contributed by atoms with van der Waals surface area (Å²) in [5, 5.41) is 14.1. The lowest BCUT2D eigenvalue weighted by molar-refractivity contribution is -0.129. The first-order chi connectivity index (χ1) is 13.0. The molecule has 138 valence electrons. The Labute approximate surface area is 168 Å². The summed E-state index contributed by atoms with van der Waals surface area (Å²) in [5.41, 5.74) is 2.03. The molecule has 1 heterocycles. The van der Waals surface area contributed by atoms with Gasteiger partial charge in [-0.05, 0) is 23.8 Å². The maximum absolute atomic E-state index is 11.6. The average Bonchev–Trinajstić information content (AvgIpc) is 2.90. The molecule has 0 unspecified atom stereocenters. The summed E-state index contributed by atoms with van der Waals surface area (Å²) >= 11 is 9.85. The molecular formula is C19H14BrClN2O4. The molecule has 0 bridgehead atoms. The molecule has 3 rings (SSSR count). The molecule has 2 aromatic carbocycles. The van der Waals surface area contributed by atoms with E-state index in [-0.39, 0.29) is 17.4 Å². The lowest BCUT2D eigenvalue weighted by Crippen LogP contribution is -2.18. The van der Waals surface area contributed by atoms with Crippen molar-refractivity contribution in [3.63, 3.8) is 0 Å². The molecule has 0 saturated heterocycles. The summed E-state index contributed by atoms with van der Waals surface area (Å²) in [6.45, 7) is 0.261. The van der Waals surface area contributed by atoms with Crippen molar-refractivity contribution in [2.24, 2.45) is 5.16 Å². The highest BCUT2D eigenvalue weighted by Crippen LogP contribution is 2.32. The minimum absolute atomic E-state index is 0.209. The number of aromatic nitrogens is 1. The molecule has 0 spiro atoms. The van der Waals surface area contributed by atoms with Gasteiger partial charge in [0.05, 0.1) is 11.1 Å². The number of benzene rings is 2. The van der Waals surface area contributed by atoms with Crippen molar-refractivity contribution >= 4 is 56.4 Å². The van der Waals surface area contributed by atoms with Crippen LogP contribution in [0.2, 0.25) is 5.15 Å². The Morgan fingerprint density at radius 1 is 1.33 bits per heavy atom. The Morgan fingerprint density at radius 2 is 2.07 bits per heavy atom. The van der Waals surface area contributed by atoms with E-state index in [0.29, 0.717) is 28.4 Å². The van der Waals surface area contributed by atoms with Gasteiger partial charge in [-0.1, -0.05) is 57.0 Å². The number of fused-ring (bicyclic) bond motifs is 1. The van der Waals surface area contributed by atoms with Crippen molar-refractivity contribution in [2.45, 2.75) is 6.54 Å². The van der Waals surface area contributed by atoms with Gasteiger partial charge in [0.15, 0.2) is 12.0 Å². The molecule has 0 aliphatic carbocycles. The van der Waals surface area contributed by atoms with E-state index in [1.165, 1.54) is 7.11 Å². The number of halogens is 2. The summed E-state index contributed by atoms with van der Waals surface area (Å²) < 4.78 is 2.59. The fourth-order valence-corrected chi connectivity index (χ4v) is 3.60. The third-order valence-electron chi connectivity index (χ3n) is 4.10. The monoisotopic (exact) mass is 448 g/mol. The van der Waals surface area contributed by atoms with Crippen molar-refractivity contribution in [3.05, 3.63) is 68.8 Å². The fraction of sp³-hybridized carbons (Fsp3) is 0.105. The maximum atomic E-state index is 11.6. The van der Waals surface area contributed by atoms with Crippen LogP contribution >= 0.6 is 27.5 Å². The largest absolute Gasteiger partial charge is 0.476 e. The van der Waals surface area contributed by atoms with Gasteiger partial charge in [-0.15, -0.1) is 0 Å². The molecule has 3 aromatic rings. The SMILES string of the molecule is CON=C(C(=O)O)c1ccccc1Cn1c(Cl)c(C=O)c2cc(Br)ccc21. The number of aliphatic carboxylic acids is 1. The molecule has 0 amide bonds. The lowest BCUT2D eigenvalue weighted by Gasteiger charge is -2.12.